The van der Waals surface area contributed by atoms with Gasteiger partial charge in [0, 0.05) is 92.0 Å². The van der Waals surface area contributed by atoms with Crippen molar-refractivity contribution in [3.05, 3.63) is 84.7 Å². The average molecular weight is 904 g/mol. The molecule has 0 bridgehead atoms. The van der Waals surface area contributed by atoms with Gasteiger partial charge in [-0.2, -0.15) is 0 Å². The SMILES string of the molecule is COC1CC(O)C1.COC1CC(Oc2ncc(Cl)cc2N)C1.COC1CC(Oc2ncc(Cl)cc2[N+](=O)[O-])C1.O=[N+]([O-])c1cc(Cl)cnc1Cl.[CH3-].[Pd]. The van der Waals surface area contributed by atoms with Crippen LogP contribution < -0.4 is 15.2 Å². The summed E-state index contributed by atoms with van der Waals surface area (Å²) in [4.78, 5) is 31.1. The summed E-state index contributed by atoms with van der Waals surface area (Å²) < 4.78 is 26.2. The molecule has 3 aromatic rings. The van der Waals surface area contributed by atoms with E-state index >= 15 is 0 Å². The summed E-state index contributed by atoms with van der Waals surface area (Å²) >= 11 is 22.2. The number of nitrogen functional groups attached to an aromatic ring is 1. The van der Waals surface area contributed by atoms with Crippen molar-refractivity contribution in [2.24, 2.45) is 0 Å². The van der Waals surface area contributed by atoms with Gasteiger partial charge in [0.2, 0.25) is 11.0 Å². The van der Waals surface area contributed by atoms with E-state index in [1.165, 1.54) is 24.7 Å². The quantitative estimate of drug-likeness (QED) is 0.0729. The van der Waals surface area contributed by atoms with E-state index in [0.29, 0.717) is 28.8 Å². The minimum Gasteiger partial charge on any atom is -0.473 e. The third kappa shape index (κ3) is 15.0. The van der Waals surface area contributed by atoms with Gasteiger partial charge in [0.15, 0.2) is 0 Å². The summed E-state index contributed by atoms with van der Waals surface area (Å²) in [6.45, 7) is 0. The van der Waals surface area contributed by atoms with Crippen LogP contribution in [0.3, 0.4) is 0 Å². The number of halogens is 4. The normalized spacial score (nSPS) is 22.1. The Bertz CT molecular complexity index is 1590. The number of rotatable bonds is 9. The van der Waals surface area contributed by atoms with Gasteiger partial charge in [-0.1, -0.05) is 46.4 Å². The van der Waals surface area contributed by atoms with Crippen LogP contribution in [0.15, 0.2) is 36.8 Å². The Morgan fingerprint density at radius 2 is 1.06 bits per heavy atom. The molecule has 3 aliphatic carbocycles. The van der Waals surface area contributed by atoms with E-state index in [4.69, 9.17) is 80.9 Å². The van der Waals surface area contributed by atoms with Gasteiger partial charge in [-0.3, -0.25) is 20.2 Å². The molecule has 3 aromatic heterocycles. The van der Waals surface area contributed by atoms with Crippen molar-refractivity contribution < 1.29 is 59.1 Å². The number of nitrogens with zero attached hydrogens (tertiary/aromatic N) is 5. The molecule has 0 aliphatic heterocycles. The molecule has 3 N–H and O–H groups in total. The van der Waals surface area contributed by atoms with Gasteiger partial charge in [0.05, 0.1) is 61.2 Å². The number of nitrogens with two attached hydrogens (primary N) is 1. The minimum atomic E-state index is -0.638. The maximum Gasteiger partial charge on any atom is 0.332 e. The minimum absolute atomic E-state index is 0. The van der Waals surface area contributed by atoms with Crippen LogP contribution in [-0.4, -0.2) is 87.9 Å². The zero-order valence-corrected chi connectivity index (χ0v) is 33.0. The number of anilines is 1. The van der Waals surface area contributed by atoms with Crippen LogP contribution in [0.5, 0.6) is 11.8 Å². The summed E-state index contributed by atoms with van der Waals surface area (Å²) in [5.41, 5.74) is 5.70. The van der Waals surface area contributed by atoms with E-state index in [0.717, 1.165) is 44.6 Å². The predicted molar refractivity (Wildman–Crippen MR) is 192 cm³/mol. The van der Waals surface area contributed by atoms with Crippen molar-refractivity contribution >= 4 is 63.5 Å². The molecule has 0 unspecified atom stereocenters. The fourth-order valence-electron chi connectivity index (χ4n) is 4.38. The first-order valence-corrected chi connectivity index (χ1v) is 16.5. The molecule has 0 amide bonds. The summed E-state index contributed by atoms with van der Waals surface area (Å²) in [6.07, 6.45) is 9.81. The molecule has 0 saturated heterocycles. The monoisotopic (exact) mass is 901 g/mol. The molecule has 3 saturated carbocycles. The second kappa shape index (κ2) is 23.2. The first-order valence-electron chi connectivity index (χ1n) is 15.0. The summed E-state index contributed by atoms with van der Waals surface area (Å²) in [6, 6.07) is 4.02. The Hall–Kier alpha value is -2.69. The zero-order chi connectivity index (χ0) is 37.0. The van der Waals surface area contributed by atoms with Gasteiger partial charge in [0.1, 0.15) is 12.2 Å². The number of ether oxygens (including phenoxy) is 5. The summed E-state index contributed by atoms with van der Waals surface area (Å²) in [5.74, 6) is 0.470. The molecule has 52 heavy (non-hydrogen) atoms. The third-order valence-electron chi connectivity index (χ3n) is 7.55. The standard InChI is InChI=1S/C10H11ClN2O4.C10H13ClN2O2.C5H2Cl2N2O2.C5H10O2.CH3.Pd/c1-16-7-3-8(4-7)17-10-9(13(14)15)2-6(11)5-12-10;1-14-7-3-8(4-7)15-10-9(12)2-6(11)5-13-10;6-3-1-4(9(10)11)5(7)8-2-3;1-7-5-2-4(6)3-5;;/h2,5,7-8H,3-4H2,1H3;2,5,7-8H,3-4,12H2,1H3;1-2H;4-6H,2-3H2,1H3;1H3;/q;;;;-1;. The number of hydrogen-bond donors (Lipinski definition) is 2. The number of aliphatic hydroxyl groups is 1. The maximum absolute atomic E-state index is 10.8. The molecule has 16 nitrogen and oxygen atoms in total. The van der Waals surface area contributed by atoms with E-state index < -0.39 is 9.85 Å². The first kappa shape index (κ1) is 47.3. The van der Waals surface area contributed by atoms with Crippen molar-refractivity contribution in [3.8, 4) is 11.8 Å². The number of nitro groups is 2. The van der Waals surface area contributed by atoms with Crippen molar-refractivity contribution in [2.75, 3.05) is 27.1 Å². The average Bonchev–Trinajstić information content (AvgIpc) is 3.02. The smallest absolute Gasteiger partial charge is 0.332 e. The molecule has 3 heterocycles. The van der Waals surface area contributed by atoms with Crippen LogP contribution >= 0.6 is 46.4 Å². The molecule has 0 aromatic carbocycles. The molecule has 6 rings (SSSR count). The molecule has 0 radical (unpaired) electrons. The third-order valence-corrected chi connectivity index (χ3v) is 8.47. The molecule has 0 atom stereocenters. The summed E-state index contributed by atoms with van der Waals surface area (Å²) in [7, 11) is 5.01. The van der Waals surface area contributed by atoms with Gasteiger partial charge in [-0.15, -0.1) is 0 Å². The van der Waals surface area contributed by atoms with Gasteiger partial charge in [-0.05, 0) is 18.9 Å². The van der Waals surface area contributed by atoms with Crippen LogP contribution in [-0.2, 0) is 34.6 Å². The Morgan fingerprint density at radius 3 is 1.44 bits per heavy atom. The molecular weight excluding hydrogens is 865 g/mol. The van der Waals surface area contributed by atoms with Gasteiger partial charge < -0.3 is 42.0 Å². The van der Waals surface area contributed by atoms with Gasteiger partial charge in [0.25, 0.3) is 5.88 Å². The van der Waals surface area contributed by atoms with E-state index in [-0.39, 0.29) is 84.7 Å². The van der Waals surface area contributed by atoms with Crippen molar-refractivity contribution in [2.45, 2.75) is 75.1 Å². The fourth-order valence-corrected chi connectivity index (χ4v) is 5.02. The second-order valence-electron chi connectivity index (χ2n) is 11.1. The van der Waals surface area contributed by atoms with Crippen LogP contribution in [0.4, 0.5) is 17.1 Å². The number of hydrogen-bond acceptors (Lipinski definition) is 14. The topological polar surface area (TPSA) is 217 Å². The van der Waals surface area contributed by atoms with Crippen molar-refractivity contribution in [1.82, 2.24) is 15.0 Å². The largest absolute Gasteiger partial charge is 0.473 e. The van der Waals surface area contributed by atoms with Crippen LogP contribution in [0.1, 0.15) is 38.5 Å². The molecule has 3 aliphatic rings. The van der Waals surface area contributed by atoms with Crippen LogP contribution in [0.25, 0.3) is 0 Å². The van der Waals surface area contributed by atoms with E-state index in [1.807, 2.05) is 0 Å². The Labute approximate surface area is 334 Å². The predicted octanol–water partition coefficient (Wildman–Crippen LogP) is 6.97. The Kier molecular flexibility index (Phi) is 21.1. The van der Waals surface area contributed by atoms with E-state index in [2.05, 4.69) is 15.0 Å². The maximum atomic E-state index is 10.8. The van der Waals surface area contributed by atoms with Crippen molar-refractivity contribution in [3.63, 3.8) is 0 Å². The van der Waals surface area contributed by atoms with Crippen molar-refractivity contribution in [1.29, 1.82) is 0 Å². The van der Waals surface area contributed by atoms with Gasteiger partial charge in [-0.25, -0.2) is 15.0 Å². The second-order valence-corrected chi connectivity index (χ2v) is 12.8. The zero-order valence-electron chi connectivity index (χ0n) is 28.4. The van der Waals surface area contributed by atoms with E-state index in [1.54, 1.807) is 27.4 Å². The number of aliphatic hydroxyl groups excluding tert-OH is 1. The first-order chi connectivity index (χ1) is 23.7. The molecular formula is C31H39Cl4N6O10Pd-. The molecule has 0 spiro atoms. The number of pyridine rings is 3. The number of aromatic nitrogens is 3. The van der Waals surface area contributed by atoms with Crippen LogP contribution in [0, 0.1) is 27.7 Å². The van der Waals surface area contributed by atoms with E-state index in [9.17, 15) is 20.2 Å². The molecule has 292 valence electrons. The van der Waals surface area contributed by atoms with Crippen LogP contribution in [0.2, 0.25) is 20.2 Å². The Balaban J connectivity index is 0.000000356. The number of methoxy groups -OCH3 is 3. The summed E-state index contributed by atoms with van der Waals surface area (Å²) in [5, 5.41) is 30.4. The Morgan fingerprint density at radius 1 is 0.673 bits per heavy atom. The molecule has 3 fully saturated rings. The molecule has 21 heteroatoms. The fraction of sp³-hybridized carbons (Fsp3) is 0.484. The van der Waals surface area contributed by atoms with Gasteiger partial charge >= 0.3 is 11.4 Å².